The molecule has 4 bridgehead atoms. The normalized spacial score (nSPS) is 25.6. The molecule has 4 aliphatic heterocycles. The summed E-state index contributed by atoms with van der Waals surface area (Å²) < 4.78 is 60.0. The number of rotatable bonds is 7. The largest absolute Gasteiger partial charge is 0.417 e. The summed E-state index contributed by atoms with van der Waals surface area (Å²) in [6.07, 6.45) is 0.270. The zero-order valence-electron chi connectivity index (χ0n) is 30.4. The molecule has 7 heterocycles. The third-order valence-electron chi connectivity index (χ3n) is 12.9. The van der Waals surface area contributed by atoms with E-state index in [1.54, 1.807) is 18.2 Å². The standard InChI is InChI=1S/C42H37Cl2F4N7O/c1-20-28-15-32(39-24-12-26(54(39)41(56)21-7-8-21)19-53(18-24)33-10-9-25(17-51-33)42(46,47)48)55(38-23-14-31(38)50-16-23)40(28)29-13-22(4-3-11-49)34(36(45)37(29)52-20)27-5-2-6-30(43)35(27)44/h2,5-6,9-10,13,15,17,21,23-24,26,31,38-39,50H,3-4,7-8,12,14,16,18-19H2,1H3/t23-,24+,26-,31-,38+,39-/m1/s1. The van der Waals surface area contributed by atoms with Crippen LogP contribution < -0.4 is 10.2 Å². The number of carbonyl (C=O) groups excluding carboxylic acids is 1. The Balaban J connectivity index is 1.18. The van der Waals surface area contributed by atoms with Gasteiger partial charge in [-0.1, -0.05) is 35.3 Å². The SMILES string of the molecule is Cc1nc2c(F)c(-c3cccc(Cl)c3Cl)c(CCC#N)cc2c2c1cc([C@H]1[C@H]3C[C@H](CN(c4ccc(C(F)(F)F)cn4)C3)N1C(=O)C1CC1)n2[C@H]1[C@H]2CN[C@@H]1C2. The summed E-state index contributed by atoms with van der Waals surface area (Å²) in [5.41, 5.74) is 3.21. The van der Waals surface area contributed by atoms with Crippen LogP contribution in [0.2, 0.25) is 10.0 Å². The van der Waals surface area contributed by atoms with Gasteiger partial charge in [-0.05, 0) is 80.8 Å². The number of fused-ring (bicyclic) bond motifs is 6. The van der Waals surface area contributed by atoms with Crippen molar-refractivity contribution in [2.45, 2.75) is 75.8 Å². The van der Waals surface area contributed by atoms with Gasteiger partial charge in [0.05, 0.1) is 45.3 Å². The van der Waals surface area contributed by atoms with E-state index < -0.39 is 17.6 Å². The van der Waals surface area contributed by atoms with Crippen LogP contribution in [-0.2, 0) is 17.4 Å². The number of aromatic nitrogens is 3. The van der Waals surface area contributed by atoms with Crippen molar-refractivity contribution in [3.63, 3.8) is 0 Å². The molecule has 5 aromatic rings. The van der Waals surface area contributed by atoms with Gasteiger partial charge in [0.15, 0.2) is 5.82 Å². The van der Waals surface area contributed by atoms with E-state index in [1.807, 2.05) is 17.9 Å². The molecule has 1 amide bonds. The Morgan fingerprint density at radius 1 is 1.07 bits per heavy atom. The van der Waals surface area contributed by atoms with Gasteiger partial charge in [-0.15, -0.1) is 0 Å². The van der Waals surface area contributed by atoms with Gasteiger partial charge in [-0.2, -0.15) is 18.4 Å². The molecule has 56 heavy (non-hydrogen) atoms. The Kier molecular flexibility index (Phi) is 8.37. The Labute approximate surface area is 330 Å². The van der Waals surface area contributed by atoms with Gasteiger partial charge in [0.25, 0.3) is 0 Å². The van der Waals surface area contributed by atoms with Crippen molar-refractivity contribution in [3.8, 4) is 17.2 Å². The highest BCUT2D eigenvalue weighted by Crippen LogP contribution is 2.54. The van der Waals surface area contributed by atoms with Crippen molar-refractivity contribution < 1.29 is 22.4 Å². The van der Waals surface area contributed by atoms with Gasteiger partial charge in [-0.25, -0.2) is 14.4 Å². The average molecular weight is 803 g/mol. The van der Waals surface area contributed by atoms with Crippen LogP contribution >= 0.6 is 23.2 Å². The van der Waals surface area contributed by atoms with E-state index in [2.05, 4.69) is 31.9 Å². The first-order valence-electron chi connectivity index (χ1n) is 19.2. The van der Waals surface area contributed by atoms with E-state index in [1.165, 1.54) is 6.07 Å². The number of likely N-dealkylation sites (tertiary alicyclic amines) is 1. The Hall–Kier alpha value is -4.44. The first-order chi connectivity index (χ1) is 26.9. The van der Waals surface area contributed by atoms with E-state index in [-0.39, 0.29) is 70.9 Å². The Morgan fingerprint density at radius 2 is 1.89 bits per heavy atom. The zero-order chi connectivity index (χ0) is 38.8. The number of hydrogen-bond donors (Lipinski definition) is 1. The maximum absolute atomic E-state index is 17.3. The summed E-state index contributed by atoms with van der Waals surface area (Å²) in [6, 6.07) is 13.7. The van der Waals surface area contributed by atoms with Gasteiger partial charge in [0, 0.05) is 83.4 Å². The van der Waals surface area contributed by atoms with Crippen LogP contribution in [0, 0.1) is 41.8 Å². The molecule has 2 saturated carbocycles. The Bertz CT molecular complexity index is 2480. The molecular formula is C42H37Cl2F4N7O. The third kappa shape index (κ3) is 5.52. The summed E-state index contributed by atoms with van der Waals surface area (Å²) >= 11 is 13.1. The summed E-state index contributed by atoms with van der Waals surface area (Å²) in [7, 11) is 0. The molecule has 6 fully saturated rings. The van der Waals surface area contributed by atoms with Crippen molar-refractivity contribution in [3.05, 3.63) is 87.0 Å². The molecule has 11 rings (SSSR count). The summed E-state index contributed by atoms with van der Waals surface area (Å²) in [5, 5.41) is 15.3. The molecule has 6 atom stereocenters. The molecule has 4 saturated heterocycles. The predicted molar refractivity (Wildman–Crippen MR) is 206 cm³/mol. The lowest BCUT2D eigenvalue weighted by Crippen LogP contribution is -2.45. The average Bonchev–Trinajstić information content (AvgIpc) is 3.46. The molecule has 0 spiro atoms. The highest BCUT2D eigenvalue weighted by atomic mass is 35.5. The number of alkyl halides is 3. The van der Waals surface area contributed by atoms with Gasteiger partial charge < -0.3 is 19.7 Å². The minimum Gasteiger partial charge on any atom is -0.354 e. The Morgan fingerprint density at radius 3 is 2.57 bits per heavy atom. The molecule has 6 aliphatic rings. The van der Waals surface area contributed by atoms with Gasteiger partial charge in [-0.3, -0.25) is 4.79 Å². The highest BCUT2D eigenvalue weighted by Gasteiger charge is 2.55. The molecular weight excluding hydrogens is 765 g/mol. The fourth-order valence-electron chi connectivity index (χ4n) is 10.2. The first-order valence-corrected chi connectivity index (χ1v) is 20.0. The lowest BCUT2D eigenvalue weighted by Gasteiger charge is -2.40. The predicted octanol–water partition coefficient (Wildman–Crippen LogP) is 9.20. The lowest BCUT2D eigenvalue weighted by atomic mass is 9.79. The molecule has 0 unspecified atom stereocenters. The van der Waals surface area contributed by atoms with Crippen LogP contribution in [0.4, 0.5) is 23.4 Å². The zero-order valence-corrected chi connectivity index (χ0v) is 31.9. The number of halogens is 6. The van der Waals surface area contributed by atoms with E-state index in [0.717, 1.165) is 61.1 Å². The number of carbonyl (C=O) groups is 1. The second-order valence-corrected chi connectivity index (χ2v) is 17.0. The molecule has 1 N–H and O–H groups in total. The number of nitriles is 1. The van der Waals surface area contributed by atoms with E-state index in [4.69, 9.17) is 28.2 Å². The monoisotopic (exact) mass is 801 g/mol. The number of amides is 1. The smallest absolute Gasteiger partial charge is 0.354 e. The molecule has 2 aliphatic carbocycles. The summed E-state index contributed by atoms with van der Waals surface area (Å²) in [4.78, 5) is 27.6. The van der Waals surface area contributed by atoms with Crippen LogP contribution in [0.1, 0.15) is 66.7 Å². The van der Waals surface area contributed by atoms with Crippen molar-refractivity contribution in [2.75, 3.05) is 24.5 Å². The second-order valence-electron chi connectivity index (χ2n) is 16.2. The topological polar surface area (TPSA) is 90.1 Å². The minimum absolute atomic E-state index is 0.0340. The lowest BCUT2D eigenvalue weighted by molar-refractivity contribution is -0.138. The van der Waals surface area contributed by atoms with E-state index in [0.29, 0.717) is 52.1 Å². The van der Waals surface area contributed by atoms with Gasteiger partial charge in [0.1, 0.15) is 11.3 Å². The maximum Gasteiger partial charge on any atom is 0.417 e. The van der Waals surface area contributed by atoms with Crippen LogP contribution in [0.15, 0.2) is 48.7 Å². The highest BCUT2D eigenvalue weighted by molar-refractivity contribution is 6.43. The third-order valence-corrected chi connectivity index (χ3v) is 13.7. The fraction of sp³-hybridized carbons (Fsp3) is 0.429. The van der Waals surface area contributed by atoms with E-state index >= 15 is 4.39 Å². The molecule has 3 aromatic heterocycles. The minimum atomic E-state index is -4.49. The molecule has 2 aromatic carbocycles. The van der Waals surface area contributed by atoms with Crippen LogP contribution in [0.3, 0.4) is 0 Å². The number of anilines is 1. The molecule has 14 heteroatoms. The quantitative estimate of drug-likeness (QED) is 0.165. The molecule has 288 valence electrons. The van der Waals surface area contributed by atoms with Gasteiger partial charge in [0.2, 0.25) is 5.91 Å². The number of benzene rings is 2. The number of nitrogens with one attached hydrogen (secondary N) is 1. The fourth-order valence-corrected chi connectivity index (χ4v) is 10.6. The first kappa shape index (κ1) is 35.9. The number of hydrogen-bond acceptors (Lipinski definition) is 6. The molecule has 8 nitrogen and oxygen atoms in total. The van der Waals surface area contributed by atoms with Crippen molar-refractivity contribution >= 4 is 56.7 Å². The van der Waals surface area contributed by atoms with Gasteiger partial charge >= 0.3 is 6.18 Å². The number of piperidine rings is 1. The second kappa shape index (κ2) is 13.0. The van der Waals surface area contributed by atoms with Crippen molar-refractivity contribution in [1.82, 2.24) is 24.8 Å². The number of aryl methyl sites for hydroxylation is 2. The number of nitrogens with zero attached hydrogens (tertiary/aromatic N) is 6. The molecule has 0 radical (unpaired) electrons. The van der Waals surface area contributed by atoms with E-state index in [9.17, 15) is 23.2 Å². The van der Waals surface area contributed by atoms with Crippen LogP contribution in [0.25, 0.3) is 32.9 Å². The van der Waals surface area contributed by atoms with Crippen LogP contribution in [-0.4, -0.2) is 57.1 Å². The summed E-state index contributed by atoms with van der Waals surface area (Å²) in [5.74, 6) is 0.293. The van der Waals surface area contributed by atoms with Crippen molar-refractivity contribution in [2.24, 2.45) is 17.8 Å². The summed E-state index contributed by atoms with van der Waals surface area (Å²) in [6.45, 7) is 3.72. The van der Waals surface area contributed by atoms with Crippen LogP contribution in [0.5, 0.6) is 0 Å². The number of pyridine rings is 2. The van der Waals surface area contributed by atoms with Crippen molar-refractivity contribution in [1.29, 1.82) is 5.26 Å². The maximum atomic E-state index is 17.3.